The fourth-order valence-electron chi connectivity index (χ4n) is 4.79. The Hall–Kier alpha value is -2.28. The van der Waals surface area contributed by atoms with Crippen molar-refractivity contribution in [2.45, 2.75) is 18.5 Å². The van der Waals surface area contributed by atoms with Crippen molar-refractivity contribution in [1.29, 1.82) is 0 Å². The molecule has 21 heteroatoms. The number of aliphatic hydroxyl groups excluding tert-OH is 1. The Morgan fingerprint density at radius 3 is 1.13 bits per heavy atom. The summed E-state index contributed by atoms with van der Waals surface area (Å²) >= 11 is 0. The normalized spacial score (nSPS) is 17.3. The van der Waals surface area contributed by atoms with E-state index in [1.165, 1.54) is 24.3 Å². The van der Waals surface area contributed by atoms with Gasteiger partial charge in [0.1, 0.15) is 0 Å². The molecule has 2 aromatic carbocycles. The largest absolute Gasteiger partial charge is 0.466 e. The number of piperazine rings is 2. The van der Waals surface area contributed by atoms with Gasteiger partial charge in [-0.15, -0.1) is 0 Å². The number of rotatable bonds is 6. The van der Waals surface area contributed by atoms with Crippen LogP contribution in [0.15, 0.2) is 48.5 Å². The van der Waals surface area contributed by atoms with Gasteiger partial charge < -0.3 is 44.3 Å². The van der Waals surface area contributed by atoms with Crippen molar-refractivity contribution in [2.24, 2.45) is 0 Å². The summed E-state index contributed by atoms with van der Waals surface area (Å²) in [6.45, 7) is 5.76. The van der Waals surface area contributed by atoms with Gasteiger partial charge in [0.2, 0.25) is 0 Å². The highest BCUT2D eigenvalue weighted by Crippen LogP contribution is 2.33. The molecule has 13 nitrogen and oxygen atoms in total. The van der Waals surface area contributed by atoms with Crippen LogP contribution in [0.1, 0.15) is 11.1 Å². The van der Waals surface area contributed by atoms with E-state index < -0.39 is 45.2 Å². The van der Waals surface area contributed by atoms with E-state index in [1.54, 1.807) is 12.1 Å². The molecular formula is C25H36F6N4O9P2. The van der Waals surface area contributed by atoms with E-state index >= 15 is 0 Å². The molecule has 2 aliphatic heterocycles. The molecule has 0 unspecified atom stereocenters. The number of aliphatic hydroxyl groups is 1. The molecule has 2 aliphatic rings. The number of nitrogens with zero attached hydrogens (tertiary/aromatic N) is 4. The topological polar surface area (TPSA) is 189 Å². The molecule has 7 N–H and O–H groups in total. The lowest BCUT2D eigenvalue weighted by molar-refractivity contribution is -0.138. The highest BCUT2D eigenvalue weighted by molar-refractivity contribution is 7.45. The predicted octanol–water partition coefficient (Wildman–Crippen LogP) is 2.17. The molecule has 262 valence electrons. The van der Waals surface area contributed by atoms with Gasteiger partial charge in [-0.3, -0.25) is 9.80 Å². The van der Waals surface area contributed by atoms with Crippen LogP contribution in [-0.4, -0.2) is 116 Å². The number of hydrogen-bond donors (Lipinski definition) is 7. The lowest BCUT2D eigenvalue weighted by Gasteiger charge is -2.39. The Bertz CT molecular complexity index is 1210. The first-order valence-corrected chi connectivity index (χ1v) is 16.7. The third-order valence-electron chi connectivity index (χ3n) is 6.76. The van der Waals surface area contributed by atoms with E-state index in [1.807, 2.05) is 9.80 Å². The van der Waals surface area contributed by atoms with Crippen molar-refractivity contribution in [2.75, 3.05) is 75.2 Å². The van der Waals surface area contributed by atoms with Crippen molar-refractivity contribution in [3.05, 3.63) is 59.7 Å². The second-order valence-electron chi connectivity index (χ2n) is 10.4. The number of anilines is 2. The fourth-order valence-corrected chi connectivity index (χ4v) is 4.79. The maximum atomic E-state index is 13.0. The SMILES string of the molecule is O=P(O)(O)O.O=P(O)(O)O.OC(CN1CCN(c2cccc(C(F)(F)F)c2)CC1)CN1CCN(c2cccc(C(F)(F)F)c2)CC1. The Morgan fingerprint density at radius 1 is 0.587 bits per heavy atom. The first-order chi connectivity index (χ1) is 21.0. The smallest absolute Gasteiger partial charge is 0.390 e. The van der Waals surface area contributed by atoms with Gasteiger partial charge in [0.25, 0.3) is 0 Å². The minimum atomic E-state index is -4.64. The Balaban J connectivity index is 0.000000642. The van der Waals surface area contributed by atoms with Crippen LogP contribution in [0.5, 0.6) is 0 Å². The number of β-amino-alcohol motifs (C(OH)–C–C–N with tert-alkyl or cyclic N) is 1. The summed E-state index contributed by atoms with van der Waals surface area (Å²) in [7, 11) is -9.28. The van der Waals surface area contributed by atoms with Crippen LogP contribution in [0.25, 0.3) is 0 Å². The Labute approximate surface area is 260 Å². The molecule has 0 radical (unpaired) electrons. The molecule has 2 fully saturated rings. The monoisotopic (exact) mass is 712 g/mol. The summed E-state index contributed by atoms with van der Waals surface area (Å²) in [6.07, 6.45) is -9.34. The van der Waals surface area contributed by atoms with Crippen molar-refractivity contribution < 1.29 is 69.9 Å². The van der Waals surface area contributed by atoms with Crippen molar-refractivity contribution in [1.82, 2.24) is 9.80 Å². The summed E-state index contributed by atoms with van der Waals surface area (Å²) in [4.78, 5) is 51.2. The van der Waals surface area contributed by atoms with Crippen molar-refractivity contribution in [3.8, 4) is 0 Å². The standard InChI is InChI=1S/C25H30F6N4O.2H3O4P/c26-24(27,28)19-3-1-5-21(15-19)34-11-7-32(8-12-34)17-23(36)18-33-9-13-35(14-10-33)22-6-2-4-20(16-22)25(29,30)31;2*1-5(2,3)4/h1-6,15-16,23,36H,7-14,17-18H2;2*(H3,1,2,3,4). The van der Waals surface area contributed by atoms with Gasteiger partial charge in [0, 0.05) is 76.8 Å². The first-order valence-electron chi connectivity index (χ1n) is 13.5. The van der Waals surface area contributed by atoms with Gasteiger partial charge in [-0.1, -0.05) is 12.1 Å². The molecule has 0 amide bonds. The van der Waals surface area contributed by atoms with Crippen LogP contribution in [0, 0.1) is 0 Å². The van der Waals surface area contributed by atoms with Gasteiger partial charge in [0.15, 0.2) is 0 Å². The van der Waals surface area contributed by atoms with E-state index in [0.29, 0.717) is 76.8 Å². The number of alkyl halides is 6. The van der Waals surface area contributed by atoms with Crippen LogP contribution < -0.4 is 9.80 Å². The van der Waals surface area contributed by atoms with E-state index in [0.717, 1.165) is 12.1 Å². The Morgan fingerprint density at radius 2 is 0.870 bits per heavy atom. The summed E-state index contributed by atoms with van der Waals surface area (Å²) in [6, 6.07) is 10.7. The summed E-state index contributed by atoms with van der Waals surface area (Å²) in [5, 5.41) is 10.6. The molecule has 0 atom stereocenters. The van der Waals surface area contributed by atoms with Crippen LogP contribution in [0.2, 0.25) is 0 Å². The van der Waals surface area contributed by atoms with Gasteiger partial charge in [0.05, 0.1) is 17.2 Å². The molecule has 2 saturated heterocycles. The molecule has 0 aromatic heterocycles. The number of hydrogen-bond acceptors (Lipinski definition) is 7. The lowest BCUT2D eigenvalue weighted by atomic mass is 10.1. The summed E-state index contributed by atoms with van der Waals surface area (Å²) in [5.74, 6) is 0. The zero-order valence-electron chi connectivity index (χ0n) is 24.2. The quantitative estimate of drug-likeness (QED) is 0.171. The maximum Gasteiger partial charge on any atom is 0.466 e. The zero-order chi connectivity index (χ0) is 34.9. The molecule has 4 rings (SSSR count). The average molecular weight is 713 g/mol. The highest BCUT2D eigenvalue weighted by Gasteiger charge is 2.32. The maximum absolute atomic E-state index is 13.0. The van der Waals surface area contributed by atoms with E-state index in [4.69, 9.17) is 38.5 Å². The summed E-state index contributed by atoms with van der Waals surface area (Å²) < 4.78 is 95.7. The van der Waals surface area contributed by atoms with E-state index in [-0.39, 0.29) is 0 Å². The van der Waals surface area contributed by atoms with Crippen LogP contribution in [0.4, 0.5) is 37.7 Å². The van der Waals surface area contributed by atoms with Gasteiger partial charge in [-0.05, 0) is 36.4 Å². The molecule has 46 heavy (non-hydrogen) atoms. The first kappa shape index (κ1) is 39.9. The molecule has 0 aliphatic carbocycles. The minimum absolute atomic E-state index is 0.463. The van der Waals surface area contributed by atoms with E-state index in [9.17, 15) is 31.4 Å². The average Bonchev–Trinajstić information content (AvgIpc) is 2.91. The minimum Gasteiger partial charge on any atom is -0.390 e. The van der Waals surface area contributed by atoms with Crippen molar-refractivity contribution in [3.63, 3.8) is 0 Å². The summed E-state index contributed by atoms with van der Waals surface area (Å²) in [5.41, 5.74) is -0.232. The Kier molecular flexibility index (Phi) is 14.5. The number of phosphoric acid groups is 2. The fraction of sp³-hybridized carbons (Fsp3) is 0.520. The molecule has 0 bridgehead atoms. The second kappa shape index (κ2) is 16.7. The molecule has 2 heterocycles. The molecular weight excluding hydrogens is 676 g/mol. The van der Waals surface area contributed by atoms with Crippen molar-refractivity contribution >= 4 is 27.0 Å². The third kappa shape index (κ3) is 16.0. The van der Waals surface area contributed by atoms with Gasteiger partial charge in [-0.2, -0.15) is 26.3 Å². The number of benzene rings is 2. The molecule has 2 aromatic rings. The predicted molar refractivity (Wildman–Crippen MR) is 155 cm³/mol. The van der Waals surface area contributed by atoms with Crippen LogP contribution in [-0.2, 0) is 21.5 Å². The van der Waals surface area contributed by atoms with Crippen LogP contribution >= 0.6 is 15.6 Å². The zero-order valence-corrected chi connectivity index (χ0v) is 26.0. The second-order valence-corrected chi connectivity index (χ2v) is 12.4. The molecule has 0 spiro atoms. The highest BCUT2D eigenvalue weighted by atomic mass is 31.2. The number of halogens is 6. The lowest BCUT2D eigenvalue weighted by Crippen LogP contribution is -2.52. The van der Waals surface area contributed by atoms with Gasteiger partial charge in [-0.25, -0.2) is 9.13 Å². The molecule has 0 saturated carbocycles. The van der Waals surface area contributed by atoms with E-state index in [2.05, 4.69) is 9.80 Å². The van der Waals surface area contributed by atoms with Crippen LogP contribution in [0.3, 0.4) is 0 Å². The third-order valence-corrected chi connectivity index (χ3v) is 6.76. The van der Waals surface area contributed by atoms with Gasteiger partial charge >= 0.3 is 28.0 Å².